The molecule has 12 unspecified atom stereocenters. The molecule has 1 aliphatic heterocycles. The fourth-order valence-corrected chi connectivity index (χ4v) is 156. The lowest BCUT2D eigenvalue weighted by Crippen LogP contribution is -2.37. The Balaban J connectivity index is 0.00000182. The molecule has 23 heteroatoms. The van der Waals surface area contributed by atoms with Crippen LogP contribution in [0, 0.1) is 31.6 Å². The third-order valence-corrected chi connectivity index (χ3v) is 110. The van der Waals surface area contributed by atoms with Gasteiger partial charge in [-0.25, -0.2) is 8.42 Å². The average molecular weight is 2140 g/mol. The maximum absolute atomic E-state index is 15.9. The van der Waals surface area contributed by atoms with E-state index < -0.39 is 10.0 Å². The highest BCUT2D eigenvalue weighted by atomic mass is 33.3. The summed E-state index contributed by atoms with van der Waals surface area (Å²) in [5.41, 5.74) is 4.04. The number of sulfonamides is 1. The van der Waals surface area contributed by atoms with Crippen molar-refractivity contribution in [3.63, 3.8) is 0 Å². The van der Waals surface area contributed by atoms with E-state index >= 15 is 8.42 Å². The molecule has 7 heterocycles. The Hall–Kier alpha value is 3.54. The van der Waals surface area contributed by atoms with Gasteiger partial charge in [-0.3, -0.25) is 4.31 Å². The fraction of sp³-hybridized carbons (Fsp3) is 0.774. The van der Waals surface area contributed by atoms with Gasteiger partial charge in [0.25, 0.3) is 10.0 Å². The van der Waals surface area contributed by atoms with Crippen molar-refractivity contribution >= 4 is 189 Å². The molecule has 0 spiro atoms. The van der Waals surface area contributed by atoms with Crippen LogP contribution >= 0.6 is 173 Å². The topological polar surface area (TPSA) is 37.4 Å². The molecular weight excluding hydrogens is 1950 g/mol. The van der Waals surface area contributed by atoms with Gasteiger partial charge in [0.15, 0.2) is 0 Å². The maximum Gasteiger partial charge on any atom is 0.265 e. The van der Waals surface area contributed by atoms with Gasteiger partial charge in [-0.05, 0) is 152 Å². The first-order valence-electron chi connectivity index (χ1n) is 53.6. The van der Waals surface area contributed by atoms with Gasteiger partial charge in [0.2, 0.25) is 0 Å². The Labute approximate surface area is 845 Å². The van der Waals surface area contributed by atoms with E-state index in [1.807, 2.05) is 61.0 Å². The lowest BCUT2D eigenvalue weighted by molar-refractivity contribution is 0.400. The minimum atomic E-state index is -3.81. The quantitative estimate of drug-likeness (QED) is 0.0282. The summed E-state index contributed by atoms with van der Waals surface area (Å²) in [5, 5.41) is 0. The number of hydrogen-bond acceptors (Lipinski definition) is 8. The van der Waals surface area contributed by atoms with E-state index in [0.717, 1.165) is 48.6 Å². The van der Waals surface area contributed by atoms with E-state index in [0.29, 0.717) is 23.3 Å². The monoisotopic (exact) mass is 2140 g/mol. The predicted octanol–water partition coefficient (Wildman–Crippen LogP) is 47.3. The number of nitrogens with zero attached hydrogens (tertiary/aromatic N) is 1. The van der Waals surface area contributed by atoms with Gasteiger partial charge in [0.1, 0.15) is 4.90 Å². The van der Waals surface area contributed by atoms with Crippen LogP contribution in [0.2, 0.25) is 0 Å². The minimum Gasteiger partial charge on any atom is -0.264 e. The molecule has 0 aliphatic carbocycles. The van der Waals surface area contributed by atoms with Gasteiger partial charge in [-0.2, -0.15) is 0 Å². The lowest BCUT2D eigenvalue weighted by Gasteiger charge is -2.34. The van der Waals surface area contributed by atoms with E-state index in [9.17, 15) is 0 Å². The van der Waals surface area contributed by atoms with E-state index in [1.54, 1.807) is 16.9 Å². The van der Waals surface area contributed by atoms with Gasteiger partial charge < -0.3 is 0 Å². The molecule has 0 amide bonds. The van der Waals surface area contributed by atoms with Crippen LogP contribution in [0.1, 0.15) is 499 Å². The van der Waals surface area contributed by atoms with Crippen LogP contribution in [0.3, 0.4) is 0 Å². The van der Waals surface area contributed by atoms with Crippen molar-refractivity contribution in [2.24, 2.45) is 17.8 Å². The van der Waals surface area contributed by atoms with Crippen LogP contribution in [-0.2, 0) is 22.9 Å². The number of aryl methyl sites for hydroxylation is 2. The molecule has 0 saturated heterocycles. The molecule has 0 N–H and O–H groups in total. The van der Waals surface area contributed by atoms with E-state index in [1.165, 1.54) is 485 Å². The average Bonchev–Trinajstić information content (AvgIpc) is 1.57. The van der Waals surface area contributed by atoms with Crippen LogP contribution in [0.4, 0.5) is 5.69 Å². The highest BCUT2D eigenvalue weighted by molar-refractivity contribution is 9.24. The summed E-state index contributed by atoms with van der Waals surface area (Å²) >= 11 is 11.6. The smallest absolute Gasteiger partial charge is 0.264 e. The molecule has 0 radical (unpaired) electrons. The van der Waals surface area contributed by atoms with Crippen molar-refractivity contribution in [2.75, 3.05) is 10.8 Å². The summed E-state index contributed by atoms with van der Waals surface area (Å²) in [4.78, 5) is 16.3. The number of anilines is 1. The first kappa shape index (κ1) is 121. The van der Waals surface area contributed by atoms with E-state index in [4.69, 9.17) is 0 Å². The Kier molecular flexibility index (Phi) is 72.4. The summed E-state index contributed by atoms with van der Waals surface area (Å²) in [6.07, 6.45) is 95.0. The Morgan fingerprint density at radius 3 is 0.860 bits per heavy atom. The molecule has 1 aliphatic rings. The van der Waals surface area contributed by atoms with Crippen molar-refractivity contribution < 1.29 is 8.42 Å². The first-order chi connectivity index (χ1) is 62.9. The number of rotatable bonds is 83. The SMILES string of the molecule is CCCCCCCCCCCCCCCCC(CCCCCCCCCCCCCC)CN1c2cc(C)sc2-c2sc(-c3cc(CC(CCCCCCCCCC)CCCCCCCCCCCC)c(-c4ccc(-c5ccc(-c6sc(C)cc6CC(CCCCCCCCCC)CCCCCCCCCCCC)s5)s4)s3)cc2S1(=O)=O.PPP(P(P)P)P(P(P)P)P(P)P. The van der Waals surface area contributed by atoms with Gasteiger partial charge in [0.05, 0.1) is 15.4 Å². The highest BCUT2D eigenvalue weighted by Gasteiger charge is 2.40. The summed E-state index contributed by atoms with van der Waals surface area (Å²) in [6, 6.07) is 19.4. The zero-order chi connectivity index (χ0) is 92.7. The molecule has 0 fully saturated rings. The predicted molar refractivity (Wildman–Crippen MR) is 642 cm³/mol. The molecule has 7 rings (SSSR count). The lowest BCUT2D eigenvalue weighted by atomic mass is 9.88. The molecule has 0 saturated carbocycles. The number of fused-ring (bicyclic) bond motifs is 3. The Morgan fingerprint density at radius 2 is 0.558 bits per heavy atom. The summed E-state index contributed by atoms with van der Waals surface area (Å²) in [5.74, 6) is 1.75. The Morgan fingerprint density at radius 1 is 0.295 bits per heavy atom. The summed E-state index contributed by atoms with van der Waals surface area (Å²) < 4.78 is 33.6. The van der Waals surface area contributed by atoms with Crippen LogP contribution in [-0.4, -0.2) is 15.0 Å². The van der Waals surface area contributed by atoms with Crippen molar-refractivity contribution in [1.29, 1.82) is 0 Å². The second kappa shape index (κ2) is 77.1. The van der Waals surface area contributed by atoms with E-state index in [2.05, 4.69) is 166 Å². The number of thiophene rings is 6. The third kappa shape index (κ3) is 50.3. The van der Waals surface area contributed by atoms with Crippen molar-refractivity contribution in [3.05, 3.63) is 69.4 Å². The number of hydrogen-bond donors (Lipinski definition) is 0. The molecule has 12 atom stereocenters. The zero-order valence-electron chi connectivity index (χ0n) is 83.5. The highest BCUT2D eigenvalue weighted by Crippen LogP contribution is 3.18. The van der Waals surface area contributed by atoms with Crippen LogP contribution in [0.25, 0.3) is 48.8 Å². The summed E-state index contributed by atoms with van der Waals surface area (Å²) in [7, 11) is 18.4. The summed E-state index contributed by atoms with van der Waals surface area (Å²) in [6.45, 7) is 20.0. The molecule has 740 valence electrons. The van der Waals surface area contributed by atoms with Crippen molar-refractivity contribution in [3.8, 4) is 48.8 Å². The van der Waals surface area contributed by atoms with Gasteiger partial charge in [-0.1, -0.05) is 473 Å². The molecular formula is C106H192NO2P13S7. The van der Waals surface area contributed by atoms with Gasteiger partial charge >= 0.3 is 0 Å². The van der Waals surface area contributed by atoms with Crippen LogP contribution in [0.15, 0.2) is 53.4 Å². The van der Waals surface area contributed by atoms with Crippen molar-refractivity contribution in [1.82, 2.24) is 0 Å². The van der Waals surface area contributed by atoms with Crippen molar-refractivity contribution in [2.45, 2.75) is 510 Å². The molecule has 6 aromatic heterocycles. The largest absolute Gasteiger partial charge is 0.265 e. The number of unbranched alkanes of at least 4 members (excludes halogenated alkanes) is 56. The third-order valence-electron chi connectivity index (χ3n) is 27.1. The second-order valence-corrected chi connectivity index (χ2v) is 94.9. The maximum atomic E-state index is 15.9. The zero-order valence-corrected chi connectivity index (χ0v) is 103. The molecule has 129 heavy (non-hydrogen) atoms. The molecule has 0 bridgehead atoms. The molecule has 0 aromatic carbocycles. The van der Waals surface area contributed by atoms with E-state index in [-0.39, 0.29) is 34.9 Å². The van der Waals surface area contributed by atoms with Gasteiger partial charge in [-0.15, -0.1) is 131 Å². The standard InChI is InChI=1S/C106H177NO2S7.H15P13/c1-9-15-21-27-33-39-43-45-46-48-52-58-64-70-76-92(75-69-63-57-51-47-44-40-34-28-22-16-10-2)87-107-95-82-89(8)111-105(95)106-102(116(107,108)109)86-101(115-106)100-85-94(84-91(73-67-60-54-38-32-26-20-14-6)74-68-62-56-50-42-36-30-24-18-12-4)104(114-100)99-80-78-97(113-99)96-77-79-98(112-96)103-93(81-88(7)110-103)83-90(71-65-59-53-37-31-25-19-13-5)72-66-61-55-49-41-35-29-23-17-11-3;1-8-12(9(2)3)13(10(4)5)11(6)7/h77-82,85-86,90-92H,9-76,83-84,87H2,1-8H3;8H,1-7H2. The Bertz CT molecular complexity index is 3800. The van der Waals surface area contributed by atoms with Gasteiger partial charge in [0, 0.05) is 55.3 Å². The van der Waals surface area contributed by atoms with Crippen LogP contribution in [0.5, 0.6) is 0 Å². The minimum absolute atomic E-state index is 0.116. The first-order valence-corrected chi connectivity index (χ1v) is 82.8. The normalized spacial score (nSPS) is 13.8. The fourth-order valence-electron chi connectivity index (χ4n) is 19.4. The van der Waals surface area contributed by atoms with Crippen LogP contribution < -0.4 is 4.31 Å². The second-order valence-electron chi connectivity index (χ2n) is 38.8. The molecule has 3 nitrogen and oxygen atoms in total. The molecule has 6 aromatic rings.